The molecule has 1 aliphatic heterocycles. The summed E-state index contributed by atoms with van der Waals surface area (Å²) in [4.78, 5) is 5.50. The maximum atomic E-state index is 3.73. The standard InChI is InChI=1S/C16H31N3/c1-2-17-15-5-3-4-6-16(15)19-11-9-18(10-12-19)13-14-7-8-14/h14-17H,2-13H2,1H3. The van der Waals surface area contributed by atoms with Crippen molar-refractivity contribution in [2.45, 2.75) is 57.5 Å². The van der Waals surface area contributed by atoms with Crippen molar-refractivity contribution in [3.63, 3.8) is 0 Å². The maximum Gasteiger partial charge on any atom is 0.0250 e. The van der Waals surface area contributed by atoms with Crippen molar-refractivity contribution in [2.24, 2.45) is 5.92 Å². The van der Waals surface area contributed by atoms with Gasteiger partial charge in [0.2, 0.25) is 0 Å². The number of nitrogens with one attached hydrogen (secondary N) is 1. The Bertz CT molecular complexity index is 267. The molecule has 0 spiro atoms. The van der Waals surface area contributed by atoms with E-state index >= 15 is 0 Å². The molecule has 0 bridgehead atoms. The van der Waals surface area contributed by atoms with Crippen LogP contribution in [-0.2, 0) is 0 Å². The lowest BCUT2D eigenvalue weighted by atomic mass is 9.88. The number of piperazine rings is 1. The van der Waals surface area contributed by atoms with E-state index in [2.05, 4.69) is 22.0 Å². The smallest absolute Gasteiger partial charge is 0.0250 e. The van der Waals surface area contributed by atoms with Gasteiger partial charge in [-0.05, 0) is 38.1 Å². The highest BCUT2D eigenvalue weighted by molar-refractivity contribution is 4.90. The van der Waals surface area contributed by atoms with Crippen LogP contribution in [0, 0.1) is 5.92 Å². The highest BCUT2D eigenvalue weighted by atomic mass is 15.3. The van der Waals surface area contributed by atoms with Gasteiger partial charge in [-0.2, -0.15) is 0 Å². The molecule has 1 saturated heterocycles. The summed E-state index contributed by atoms with van der Waals surface area (Å²) in [6.45, 7) is 9.99. The van der Waals surface area contributed by atoms with Gasteiger partial charge in [-0.25, -0.2) is 0 Å². The highest BCUT2D eigenvalue weighted by Crippen LogP contribution is 2.30. The number of hydrogen-bond acceptors (Lipinski definition) is 3. The Morgan fingerprint density at radius 3 is 2.37 bits per heavy atom. The molecule has 1 heterocycles. The van der Waals surface area contributed by atoms with Crippen molar-refractivity contribution in [2.75, 3.05) is 39.3 Å². The van der Waals surface area contributed by atoms with Crippen molar-refractivity contribution in [1.82, 2.24) is 15.1 Å². The summed E-state index contributed by atoms with van der Waals surface area (Å²) in [6, 6.07) is 1.57. The van der Waals surface area contributed by atoms with Crippen molar-refractivity contribution in [1.29, 1.82) is 0 Å². The summed E-state index contributed by atoms with van der Waals surface area (Å²) in [5, 5.41) is 3.73. The Kier molecular flexibility index (Phi) is 4.78. The molecule has 3 nitrogen and oxygen atoms in total. The van der Waals surface area contributed by atoms with Gasteiger partial charge in [0.25, 0.3) is 0 Å². The van der Waals surface area contributed by atoms with Gasteiger partial charge in [0.1, 0.15) is 0 Å². The third-order valence-electron chi connectivity index (χ3n) is 5.29. The first-order chi connectivity index (χ1) is 9.36. The number of nitrogens with zero attached hydrogens (tertiary/aromatic N) is 2. The van der Waals surface area contributed by atoms with Gasteiger partial charge >= 0.3 is 0 Å². The SMILES string of the molecule is CCNC1CCCCC1N1CCN(CC2CC2)CC1. The summed E-state index contributed by atoms with van der Waals surface area (Å²) >= 11 is 0. The molecule has 2 aliphatic carbocycles. The van der Waals surface area contributed by atoms with E-state index in [1.807, 2.05) is 0 Å². The van der Waals surface area contributed by atoms with E-state index in [0.717, 1.165) is 24.5 Å². The van der Waals surface area contributed by atoms with Crippen LogP contribution < -0.4 is 5.32 Å². The molecule has 3 fully saturated rings. The van der Waals surface area contributed by atoms with Crippen LogP contribution in [0.1, 0.15) is 45.4 Å². The fourth-order valence-corrected chi connectivity index (χ4v) is 3.99. The van der Waals surface area contributed by atoms with E-state index in [1.54, 1.807) is 0 Å². The molecule has 3 aliphatic rings. The van der Waals surface area contributed by atoms with Gasteiger partial charge in [0.15, 0.2) is 0 Å². The first-order valence-corrected chi connectivity index (χ1v) is 8.56. The predicted octanol–water partition coefficient (Wildman–Crippen LogP) is 1.93. The number of likely N-dealkylation sites (N-methyl/N-ethyl adjacent to an activating group) is 1. The lowest BCUT2D eigenvalue weighted by Gasteiger charge is -2.44. The zero-order valence-electron chi connectivity index (χ0n) is 12.6. The second-order valence-electron chi connectivity index (χ2n) is 6.80. The van der Waals surface area contributed by atoms with Crippen molar-refractivity contribution < 1.29 is 0 Å². The summed E-state index contributed by atoms with van der Waals surface area (Å²) in [5.74, 6) is 1.05. The molecule has 2 saturated carbocycles. The monoisotopic (exact) mass is 265 g/mol. The fourth-order valence-electron chi connectivity index (χ4n) is 3.99. The average Bonchev–Trinajstić information content (AvgIpc) is 3.25. The van der Waals surface area contributed by atoms with E-state index in [9.17, 15) is 0 Å². The molecule has 0 radical (unpaired) electrons. The molecule has 19 heavy (non-hydrogen) atoms. The Morgan fingerprint density at radius 2 is 1.68 bits per heavy atom. The molecule has 3 rings (SSSR count). The minimum absolute atomic E-state index is 0.758. The lowest BCUT2D eigenvalue weighted by Crippen LogP contribution is -2.57. The first kappa shape index (κ1) is 13.8. The van der Waals surface area contributed by atoms with Crippen LogP contribution in [0.2, 0.25) is 0 Å². The van der Waals surface area contributed by atoms with Crippen LogP contribution in [0.15, 0.2) is 0 Å². The Balaban J connectivity index is 1.48. The molecule has 0 aromatic heterocycles. The number of hydrogen-bond donors (Lipinski definition) is 1. The normalized spacial score (nSPS) is 34.6. The van der Waals surface area contributed by atoms with Gasteiger partial charge in [0, 0.05) is 44.8 Å². The summed E-state index contributed by atoms with van der Waals surface area (Å²) in [7, 11) is 0. The fraction of sp³-hybridized carbons (Fsp3) is 1.00. The molecule has 0 amide bonds. The molecular formula is C16H31N3. The second kappa shape index (κ2) is 6.55. The van der Waals surface area contributed by atoms with Crippen LogP contribution in [0.5, 0.6) is 0 Å². The largest absolute Gasteiger partial charge is 0.313 e. The Morgan fingerprint density at radius 1 is 0.947 bits per heavy atom. The van der Waals surface area contributed by atoms with E-state index in [4.69, 9.17) is 0 Å². The topological polar surface area (TPSA) is 18.5 Å². The highest BCUT2D eigenvalue weighted by Gasteiger charge is 2.32. The molecule has 1 N–H and O–H groups in total. The van der Waals surface area contributed by atoms with Gasteiger partial charge in [-0.1, -0.05) is 19.8 Å². The van der Waals surface area contributed by atoms with Crippen LogP contribution >= 0.6 is 0 Å². The van der Waals surface area contributed by atoms with Gasteiger partial charge in [-0.3, -0.25) is 4.90 Å². The minimum atomic E-state index is 0.758. The predicted molar refractivity (Wildman–Crippen MR) is 80.5 cm³/mol. The summed E-state index contributed by atoms with van der Waals surface area (Å²) < 4.78 is 0. The zero-order valence-corrected chi connectivity index (χ0v) is 12.6. The summed E-state index contributed by atoms with van der Waals surface area (Å²) in [6.07, 6.45) is 8.66. The second-order valence-corrected chi connectivity index (χ2v) is 6.80. The van der Waals surface area contributed by atoms with Crippen LogP contribution in [0.25, 0.3) is 0 Å². The molecular weight excluding hydrogens is 234 g/mol. The molecule has 110 valence electrons. The van der Waals surface area contributed by atoms with E-state index in [1.165, 1.54) is 71.2 Å². The van der Waals surface area contributed by atoms with E-state index in [-0.39, 0.29) is 0 Å². The molecule has 0 aromatic rings. The summed E-state index contributed by atoms with van der Waals surface area (Å²) in [5.41, 5.74) is 0. The van der Waals surface area contributed by atoms with E-state index in [0.29, 0.717) is 0 Å². The zero-order chi connectivity index (χ0) is 13.1. The van der Waals surface area contributed by atoms with Crippen molar-refractivity contribution in [3.8, 4) is 0 Å². The maximum absolute atomic E-state index is 3.73. The quantitative estimate of drug-likeness (QED) is 0.819. The lowest BCUT2D eigenvalue weighted by molar-refractivity contribution is 0.0600. The first-order valence-electron chi connectivity index (χ1n) is 8.56. The van der Waals surface area contributed by atoms with Gasteiger partial charge in [0.05, 0.1) is 0 Å². The third-order valence-corrected chi connectivity index (χ3v) is 5.29. The molecule has 0 aromatic carbocycles. The molecule has 2 atom stereocenters. The van der Waals surface area contributed by atoms with Crippen LogP contribution in [-0.4, -0.2) is 61.2 Å². The molecule has 3 heteroatoms. The average molecular weight is 265 g/mol. The molecule has 2 unspecified atom stereocenters. The number of rotatable bonds is 5. The van der Waals surface area contributed by atoms with Crippen LogP contribution in [0.4, 0.5) is 0 Å². The Labute approximate surface area is 118 Å². The van der Waals surface area contributed by atoms with Crippen LogP contribution in [0.3, 0.4) is 0 Å². The van der Waals surface area contributed by atoms with E-state index < -0.39 is 0 Å². The van der Waals surface area contributed by atoms with Crippen molar-refractivity contribution in [3.05, 3.63) is 0 Å². The third kappa shape index (κ3) is 3.71. The minimum Gasteiger partial charge on any atom is -0.313 e. The van der Waals surface area contributed by atoms with Gasteiger partial charge < -0.3 is 10.2 Å². The van der Waals surface area contributed by atoms with Crippen molar-refractivity contribution >= 4 is 0 Å². The van der Waals surface area contributed by atoms with Gasteiger partial charge in [-0.15, -0.1) is 0 Å². The Hall–Kier alpha value is -0.120.